The Bertz CT molecular complexity index is 676. The Hall–Kier alpha value is -1.36. The summed E-state index contributed by atoms with van der Waals surface area (Å²) in [5, 5.41) is 2.63. The van der Waals surface area contributed by atoms with Crippen LogP contribution >= 0.6 is 22.9 Å². The van der Waals surface area contributed by atoms with Gasteiger partial charge in [-0.05, 0) is 35.1 Å². The molecule has 2 aromatic rings. The summed E-state index contributed by atoms with van der Waals surface area (Å²) in [4.78, 5) is 15.9. The summed E-state index contributed by atoms with van der Waals surface area (Å²) in [5.41, 5.74) is 1.99. The zero-order valence-electron chi connectivity index (χ0n) is 12.4. The van der Waals surface area contributed by atoms with E-state index in [1.807, 2.05) is 18.2 Å². The van der Waals surface area contributed by atoms with E-state index in [2.05, 4.69) is 16.3 Å². The van der Waals surface area contributed by atoms with E-state index in [1.165, 1.54) is 10.4 Å². The highest BCUT2D eigenvalue weighted by Gasteiger charge is 2.32. The van der Waals surface area contributed by atoms with Crippen LogP contribution < -0.4 is 0 Å². The van der Waals surface area contributed by atoms with Crippen molar-refractivity contribution >= 4 is 28.9 Å². The molecule has 0 saturated heterocycles. The van der Waals surface area contributed by atoms with Crippen molar-refractivity contribution in [2.75, 3.05) is 13.6 Å². The number of methoxy groups -OCH3 is 1. The molecule has 0 amide bonds. The summed E-state index contributed by atoms with van der Waals surface area (Å²) in [5.74, 6) is -0.415. The van der Waals surface area contributed by atoms with Crippen LogP contribution in [0.1, 0.15) is 23.4 Å². The molecule has 0 unspecified atom stereocenters. The van der Waals surface area contributed by atoms with Gasteiger partial charge in [-0.1, -0.05) is 29.8 Å². The van der Waals surface area contributed by atoms with Crippen molar-refractivity contribution < 1.29 is 10.9 Å². The Morgan fingerprint density at radius 1 is 1.48 bits per heavy atom. The molecule has 110 valence electrons. The van der Waals surface area contributed by atoms with Gasteiger partial charge in [-0.25, -0.2) is 4.79 Å². The number of halogens is 1. The van der Waals surface area contributed by atoms with Crippen LogP contribution in [0.25, 0.3) is 0 Å². The Balaban J connectivity index is 1.93. The maximum absolute atomic E-state index is 12.4. The third-order valence-electron chi connectivity index (χ3n) is 3.77. The monoisotopic (exact) mass is 322 g/mol. The maximum Gasteiger partial charge on any atom is 0.327 e. The zero-order chi connectivity index (χ0) is 15.5. The van der Waals surface area contributed by atoms with Gasteiger partial charge in [0.1, 0.15) is 6.04 Å². The first-order chi connectivity index (χ1) is 10.7. The highest BCUT2D eigenvalue weighted by Crippen LogP contribution is 2.33. The lowest BCUT2D eigenvalue weighted by Gasteiger charge is -2.33. The van der Waals surface area contributed by atoms with Crippen LogP contribution in [-0.4, -0.2) is 24.5 Å². The van der Waals surface area contributed by atoms with Crippen LogP contribution in [0, 0.1) is 0 Å². The molecule has 0 N–H and O–H groups in total. The molecular formula is C16H16ClNO2S. The lowest BCUT2D eigenvalue weighted by atomic mass is 10.0. The smallest absolute Gasteiger partial charge is 0.327 e. The maximum atomic E-state index is 12.4. The van der Waals surface area contributed by atoms with Crippen molar-refractivity contribution in [1.29, 1.82) is 0 Å². The van der Waals surface area contributed by atoms with E-state index in [4.69, 9.17) is 17.7 Å². The van der Waals surface area contributed by atoms with Gasteiger partial charge in [0, 0.05) is 23.0 Å². The van der Waals surface area contributed by atoms with Gasteiger partial charge in [-0.3, -0.25) is 4.90 Å². The van der Waals surface area contributed by atoms with Gasteiger partial charge in [0.05, 0.1) is 8.46 Å². The van der Waals surface area contributed by atoms with Gasteiger partial charge in [0.25, 0.3) is 0 Å². The quantitative estimate of drug-likeness (QED) is 0.807. The fourth-order valence-corrected chi connectivity index (χ4v) is 3.87. The number of esters is 1. The zero-order valence-corrected chi connectivity index (χ0v) is 13.0. The number of carbonyl (C=O) groups is 1. The molecule has 0 aliphatic carbocycles. The number of hydrogen-bond acceptors (Lipinski definition) is 4. The van der Waals surface area contributed by atoms with E-state index in [-0.39, 0.29) is 7.09 Å². The minimum Gasteiger partial charge on any atom is -0.468 e. The Morgan fingerprint density at radius 3 is 3.14 bits per heavy atom. The van der Waals surface area contributed by atoms with E-state index in [0.717, 1.165) is 18.5 Å². The first kappa shape index (κ1) is 13.3. The van der Waals surface area contributed by atoms with Gasteiger partial charge >= 0.3 is 5.97 Å². The molecule has 3 nitrogen and oxygen atoms in total. The topological polar surface area (TPSA) is 29.5 Å². The van der Waals surface area contributed by atoms with E-state index < -0.39 is 12.0 Å². The molecule has 1 atom stereocenters. The van der Waals surface area contributed by atoms with E-state index in [1.54, 1.807) is 17.4 Å². The summed E-state index contributed by atoms with van der Waals surface area (Å²) in [6.07, 6.45) is 0.919. The third-order valence-corrected chi connectivity index (χ3v) is 5.13. The Kier molecular flexibility index (Phi) is 3.92. The highest BCUT2D eigenvalue weighted by molar-refractivity contribution is 7.10. The van der Waals surface area contributed by atoms with Crippen molar-refractivity contribution in [3.63, 3.8) is 0 Å². The van der Waals surface area contributed by atoms with Crippen LogP contribution in [0.15, 0.2) is 35.7 Å². The number of rotatable bonds is 3. The number of thiophene rings is 1. The first-order valence-corrected chi connectivity index (χ1v) is 7.96. The number of nitrogens with zero attached hydrogens (tertiary/aromatic N) is 1. The van der Waals surface area contributed by atoms with Crippen molar-refractivity contribution in [2.45, 2.75) is 19.0 Å². The summed E-state index contributed by atoms with van der Waals surface area (Å²) in [6.45, 7) is 1.47. The standard InChI is InChI=1S/C16H16ClNO2S/c1-20-16(19)15(12-4-2-3-5-13(12)17)18-8-6-14-11(10-18)7-9-21-14/h2-5,7,9,15H,6,8,10H2,1H3/t15-/m0/s1/i1D. The summed E-state index contributed by atoms with van der Waals surface area (Å²) >= 11 is 8.04. The molecule has 1 aliphatic rings. The number of benzene rings is 1. The average molecular weight is 323 g/mol. The molecule has 1 aliphatic heterocycles. The molecule has 5 heteroatoms. The molecule has 0 radical (unpaired) electrons. The molecule has 2 heterocycles. The first-order valence-electron chi connectivity index (χ1n) is 7.41. The van der Waals surface area contributed by atoms with Crippen LogP contribution in [-0.2, 0) is 22.5 Å². The number of fused-ring (bicyclic) bond motifs is 1. The fourth-order valence-electron chi connectivity index (χ4n) is 2.74. The van der Waals surface area contributed by atoms with Gasteiger partial charge in [-0.2, -0.15) is 0 Å². The summed E-state index contributed by atoms with van der Waals surface area (Å²) < 4.78 is 12.1. The second-order valence-electron chi connectivity index (χ2n) is 4.98. The van der Waals surface area contributed by atoms with Gasteiger partial charge in [-0.15, -0.1) is 11.3 Å². The third kappa shape index (κ3) is 2.84. The van der Waals surface area contributed by atoms with Crippen LogP contribution in [0.3, 0.4) is 0 Å². The van der Waals surface area contributed by atoms with Crippen LogP contribution in [0.4, 0.5) is 0 Å². The normalized spacial score (nSPS) is 16.9. The Morgan fingerprint density at radius 2 is 2.33 bits per heavy atom. The number of ether oxygens (including phenoxy) is 1. The largest absolute Gasteiger partial charge is 0.468 e. The average Bonchev–Trinajstić information content (AvgIpc) is 2.97. The predicted octanol–water partition coefficient (Wildman–Crippen LogP) is 3.67. The fraction of sp³-hybridized carbons (Fsp3) is 0.312. The number of carbonyl (C=O) groups excluding carboxylic acids is 1. The second kappa shape index (κ2) is 6.18. The summed E-state index contributed by atoms with van der Waals surface area (Å²) in [6, 6.07) is 8.87. The molecule has 1 aromatic heterocycles. The molecule has 0 spiro atoms. The van der Waals surface area contributed by atoms with Crippen molar-refractivity contribution in [3.8, 4) is 0 Å². The molecule has 3 rings (SSSR count). The van der Waals surface area contributed by atoms with E-state index >= 15 is 0 Å². The van der Waals surface area contributed by atoms with Gasteiger partial charge in [0.2, 0.25) is 0 Å². The minimum atomic E-state index is -0.563. The predicted molar refractivity (Wildman–Crippen MR) is 84.6 cm³/mol. The highest BCUT2D eigenvalue weighted by atomic mass is 35.5. The minimum absolute atomic E-state index is 0.378. The SMILES string of the molecule is [2H]COC(=O)[C@H](c1ccccc1Cl)N1CCc2sccc2C1. The van der Waals surface area contributed by atoms with Crippen molar-refractivity contribution in [1.82, 2.24) is 4.90 Å². The summed E-state index contributed by atoms with van der Waals surface area (Å²) in [7, 11) is -0.378. The molecule has 21 heavy (non-hydrogen) atoms. The van der Waals surface area contributed by atoms with Crippen LogP contribution in [0.2, 0.25) is 5.02 Å². The van der Waals surface area contributed by atoms with E-state index in [9.17, 15) is 4.79 Å². The number of hydrogen-bond donors (Lipinski definition) is 0. The Labute approximate surface area is 134 Å². The van der Waals surface area contributed by atoms with Crippen LogP contribution in [0.5, 0.6) is 0 Å². The van der Waals surface area contributed by atoms with Crippen molar-refractivity contribution in [2.24, 2.45) is 0 Å². The lowest BCUT2D eigenvalue weighted by Crippen LogP contribution is -2.38. The molecular weight excluding hydrogens is 306 g/mol. The molecule has 0 fully saturated rings. The van der Waals surface area contributed by atoms with Crippen molar-refractivity contribution in [3.05, 3.63) is 56.7 Å². The lowest BCUT2D eigenvalue weighted by molar-refractivity contribution is -0.147. The molecule has 0 saturated carbocycles. The van der Waals surface area contributed by atoms with Gasteiger partial charge in [0.15, 0.2) is 0 Å². The van der Waals surface area contributed by atoms with Gasteiger partial charge < -0.3 is 4.74 Å². The second-order valence-corrected chi connectivity index (χ2v) is 6.38. The molecule has 0 bridgehead atoms. The molecule has 1 aromatic carbocycles. The van der Waals surface area contributed by atoms with E-state index in [0.29, 0.717) is 11.6 Å².